The van der Waals surface area contributed by atoms with Gasteiger partial charge >= 0.3 is 0 Å². The zero-order valence-corrected chi connectivity index (χ0v) is 9.37. The molecular formula is C10H13ClFNS. The number of thiophene rings is 1. The highest BCUT2D eigenvalue weighted by Crippen LogP contribution is 2.23. The van der Waals surface area contributed by atoms with E-state index in [2.05, 4.69) is 5.32 Å². The molecule has 1 fully saturated rings. The third kappa shape index (κ3) is 2.69. The summed E-state index contributed by atoms with van der Waals surface area (Å²) in [7, 11) is 0. The summed E-state index contributed by atoms with van der Waals surface area (Å²) in [5.41, 5.74) is 0. The smallest absolute Gasteiger partial charge is 0.102 e. The molecule has 1 heterocycles. The number of alkyl halides is 1. The lowest BCUT2D eigenvalue weighted by Crippen LogP contribution is -2.25. The van der Waals surface area contributed by atoms with Crippen LogP contribution in [-0.4, -0.2) is 12.2 Å². The van der Waals surface area contributed by atoms with Gasteiger partial charge in [-0.15, -0.1) is 11.3 Å². The van der Waals surface area contributed by atoms with Gasteiger partial charge in [0.2, 0.25) is 0 Å². The van der Waals surface area contributed by atoms with Gasteiger partial charge in [-0.1, -0.05) is 11.6 Å². The maximum Gasteiger partial charge on any atom is 0.102 e. The van der Waals surface area contributed by atoms with Gasteiger partial charge in [0.15, 0.2) is 0 Å². The quantitative estimate of drug-likeness (QED) is 0.844. The summed E-state index contributed by atoms with van der Waals surface area (Å²) in [6, 6.07) is 2.31. The van der Waals surface area contributed by atoms with Crippen LogP contribution in [0, 0.1) is 0 Å². The van der Waals surface area contributed by atoms with E-state index in [-0.39, 0.29) is 0 Å². The van der Waals surface area contributed by atoms with Crippen molar-refractivity contribution in [2.45, 2.75) is 38.0 Å². The highest BCUT2D eigenvalue weighted by molar-refractivity contribution is 7.10. The minimum Gasteiger partial charge on any atom is -0.309 e. The first-order chi connectivity index (χ1) is 6.74. The fourth-order valence-electron chi connectivity index (χ4n) is 1.80. The number of hydrogen-bond donors (Lipinski definition) is 1. The third-order valence-electron chi connectivity index (χ3n) is 2.56. The number of nitrogens with one attached hydrogen (secondary N) is 1. The van der Waals surface area contributed by atoms with Gasteiger partial charge in [0.1, 0.15) is 6.17 Å². The van der Waals surface area contributed by atoms with Gasteiger partial charge in [-0.05, 0) is 25.3 Å². The molecule has 1 N–H and O–H groups in total. The monoisotopic (exact) mass is 233 g/mol. The molecule has 1 aromatic rings. The van der Waals surface area contributed by atoms with Gasteiger partial charge in [0, 0.05) is 22.8 Å². The highest BCUT2D eigenvalue weighted by atomic mass is 35.5. The zero-order chi connectivity index (χ0) is 9.97. The Kier molecular flexibility index (Phi) is 3.42. The summed E-state index contributed by atoms with van der Waals surface area (Å²) in [6.07, 6.45) is 1.74. The van der Waals surface area contributed by atoms with E-state index < -0.39 is 6.17 Å². The number of hydrogen-bond acceptors (Lipinski definition) is 2. The summed E-state index contributed by atoms with van der Waals surface area (Å²) in [4.78, 5) is 1.22. The second kappa shape index (κ2) is 4.60. The van der Waals surface area contributed by atoms with Crippen LogP contribution < -0.4 is 5.32 Å². The molecule has 0 spiro atoms. The third-order valence-corrected chi connectivity index (χ3v) is 3.84. The van der Waals surface area contributed by atoms with E-state index in [0.29, 0.717) is 18.9 Å². The Morgan fingerprint density at radius 2 is 2.43 bits per heavy atom. The Balaban J connectivity index is 1.77. The molecule has 1 aliphatic carbocycles. The Bertz CT molecular complexity index is 302. The summed E-state index contributed by atoms with van der Waals surface area (Å²) in [5.74, 6) is 0. The van der Waals surface area contributed by atoms with Crippen molar-refractivity contribution in [3.8, 4) is 0 Å². The Morgan fingerprint density at radius 1 is 1.57 bits per heavy atom. The summed E-state index contributed by atoms with van der Waals surface area (Å²) in [6.45, 7) is 0.814. The predicted molar refractivity (Wildman–Crippen MR) is 58.7 cm³/mol. The van der Waals surface area contributed by atoms with Crippen molar-refractivity contribution in [2.75, 3.05) is 0 Å². The normalized spacial score (nSPS) is 27.0. The largest absolute Gasteiger partial charge is 0.309 e. The van der Waals surface area contributed by atoms with Gasteiger partial charge in [-0.25, -0.2) is 4.39 Å². The molecule has 2 rings (SSSR count). The van der Waals surface area contributed by atoms with Gasteiger partial charge in [-0.3, -0.25) is 0 Å². The van der Waals surface area contributed by atoms with Crippen LogP contribution in [0.4, 0.5) is 4.39 Å². The lowest BCUT2D eigenvalue weighted by atomic mass is 10.2. The predicted octanol–water partition coefficient (Wildman–Crippen LogP) is 3.38. The van der Waals surface area contributed by atoms with Crippen LogP contribution in [0.25, 0.3) is 0 Å². The van der Waals surface area contributed by atoms with E-state index in [0.717, 1.165) is 18.0 Å². The average molecular weight is 234 g/mol. The molecule has 2 unspecified atom stereocenters. The van der Waals surface area contributed by atoms with Crippen molar-refractivity contribution >= 4 is 22.9 Å². The molecule has 4 heteroatoms. The molecular weight excluding hydrogens is 221 g/mol. The lowest BCUT2D eigenvalue weighted by Gasteiger charge is -2.09. The van der Waals surface area contributed by atoms with E-state index in [1.807, 2.05) is 11.4 Å². The molecule has 0 aliphatic heterocycles. The average Bonchev–Trinajstić information content (AvgIpc) is 2.72. The summed E-state index contributed by atoms with van der Waals surface area (Å²) >= 11 is 7.45. The molecule has 0 amide bonds. The van der Waals surface area contributed by atoms with Crippen LogP contribution in [-0.2, 0) is 6.54 Å². The molecule has 1 aromatic heterocycles. The first kappa shape index (κ1) is 10.4. The first-order valence-electron chi connectivity index (χ1n) is 4.84. The topological polar surface area (TPSA) is 12.0 Å². The molecule has 14 heavy (non-hydrogen) atoms. The van der Waals surface area contributed by atoms with Crippen LogP contribution in [0.1, 0.15) is 24.1 Å². The number of halogens is 2. The van der Waals surface area contributed by atoms with Crippen LogP contribution >= 0.6 is 22.9 Å². The minimum atomic E-state index is -0.598. The summed E-state index contributed by atoms with van der Waals surface area (Å²) < 4.78 is 12.8. The van der Waals surface area contributed by atoms with Crippen LogP contribution in [0.2, 0.25) is 5.02 Å². The maximum atomic E-state index is 12.8. The Hall–Kier alpha value is -0.120. The van der Waals surface area contributed by atoms with Crippen molar-refractivity contribution in [1.82, 2.24) is 5.32 Å². The van der Waals surface area contributed by atoms with Gasteiger partial charge in [0.05, 0.1) is 5.02 Å². The van der Waals surface area contributed by atoms with Crippen LogP contribution in [0.3, 0.4) is 0 Å². The second-order valence-corrected chi connectivity index (χ2v) is 5.15. The lowest BCUT2D eigenvalue weighted by molar-refractivity contribution is 0.333. The molecule has 0 aromatic carbocycles. The van der Waals surface area contributed by atoms with E-state index in [4.69, 9.17) is 11.6 Å². The molecule has 0 bridgehead atoms. The second-order valence-electron chi connectivity index (χ2n) is 3.72. The molecule has 1 aliphatic rings. The molecule has 1 saturated carbocycles. The van der Waals surface area contributed by atoms with Crippen molar-refractivity contribution in [3.05, 3.63) is 21.3 Å². The van der Waals surface area contributed by atoms with E-state index in [1.165, 1.54) is 4.88 Å². The van der Waals surface area contributed by atoms with Gasteiger partial charge in [0.25, 0.3) is 0 Å². The fraction of sp³-hybridized carbons (Fsp3) is 0.600. The van der Waals surface area contributed by atoms with E-state index in [1.54, 1.807) is 11.3 Å². The first-order valence-corrected chi connectivity index (χ1v) is 6.10. The SMILES string of the molecule is FC1CCC(NCc2cc(Cl)cs2)C1. The minimum absolute atomic E-state index is 0.353. The van der Waals surface area contributed by atoms with E-state index in [9.17, 15) is 4.39 Å². The van der Waals surface area contributed by atoms with Crippen molar-refractivity contribution < 1.29 is 4.39 Å². The molecule has 2 atom stereocenters. The molecule has 78 valence electrons. The molecule has 0 saturated heterocycles. The number of rotatable bonds is 3. The van der Waals surface area contributed by atoms with Crippen LogP contribution in [0.5, 0.6) is 0 Å². The molecule has 0 radical (unpaired) electrons. The molecule has 1 nitrogen and oxygen atoms in total. The standard InChI is InChI=1S/C10H13ClFNS/c11-7-3-10(14-6-7)5-13-9-2-1-8(12)4-9/h3,6,8-9,13H,1-2,4-5H2. The zero-order valence-electron chi connectivity index (χ0n) is 7.80. The van der Waals surface area contributed by atoms with Gasteiger partial charge < -0.3 is 5.32 Å². The van der Waals surface area contributed by atoms with Crippen molar-refractivity contribution in [1.29, 1.82) is 0 Å². The Morgan fingerprint density at radius 3 is 3.00 bits per heavy atom. The Labute approximate surface area is 92.3 Å². The van der Waals surface area contributed by atoms with Crippen LogP contribution in [0.15, 0.2) is 11.4 Å². The maximum absolute atomic E-state index is 12.8. The van der Waals surface area contributed by atoms with Crippen molar-refractivity contribution in [2.24, 2.45) is 0 Å². The fourth-order valence-corrected chi connectivity index (χ4v) is 2.83. The van der Waals surface area contributed by atoms with Crippen molar-refractivity contribution in [3.63, 3.8) is 0 Å². The summed E-state index contributed by atoms with van der Waals surface area (Å²) in [5, 5.41) is 6.07. The van der Waals surface area contributed by atoms with E-state index >= 15 is 0 Å². The van der Waals surface area contributed by atoms with Gasteiger partial charge in [-0.2, -0.15) is 0 Å². The highest BCUT2D eigenvalue weighted by Gasteiger charge is 2.23.